The Kier molecular flexibility index (Phi) is 8.99. The number of nitrogens with one attached hydrogen (secondary N) is 2. The Hall–Kier alpha value is -3.42. The number of methoxy groups -OCH3 is 1. The third kappa shape index (κ3) is 6.80. The van der Waals surface area contributed by atoms with Gasteiger partial charge in [-0.25, -0.2) is 9.82 Å². The van der Waals surface area contributed by atoms with Crippen LogP contribution in [0.4, 0.5) is 4.39 Å². The summed E-state index contributed by atoms with van der Waals surface area (Å²) in [6, 6.07) is 9.64. The van der Waals surface area contributed by atoms with Crippen LogP contribution in [0.5, 0.6) is 11.5 Å². The Balaban J connectivity index is 2.09. The van der Waals surface area contributed by atoms with Crippen LogP contribution in [0.25, 0.3) is 0 Å². The fourth-order valence-corrected chi connectivity index (χ4v) is 2.75. The monoisotopic (exact) mass is 429 g/mol. The van der Waals surface area contributed by atoms with E-state index < -0.39 is 23.7 Å². The summed E-state index contributed by atoms with van der Waals surface area (Å²) in [6.45, 7) is 6.11. The first-order valence-electron chi connectivity index (χ1n) is 10.1. The second-order valence-electron chi connectivity index (χ2n) is 7.16. The topological polar surface area (TPSA) is 89.0 Å². The zero-order chi connectivity index (χ0) is 22.8. The van der Waals surface area contributed by atoms with E-state index in [1.807, 2.05) is 6.92 Å². The van der Waals surface area contributed by atoms with Crippen LogP contribution in [0.2, 0.25) is 0 Å². The molecular weight excluding hydrogens is 401 g/mol. The molecule has 0 aliphatic carbocycles. The maximum absolute atomic E-state index is 13.1. The standard InChI is InChI=1S/C23H28FN3O4/c1-5-13-31-21-17(7-6-8-19(21)30-4)14-25-27-23(29)20(15(2)3)26-22(28)16-9-11-18(24)12-10-16/h6-12,14-15,20H,5,13H2,1-4H3,(H,26,28)(H,27,29)/b25-14+. The number of amides is 2. The minimum atomic E-state index is -0.823. The normalized spacial score (nSPS) is 11.9. The summed E-state index contributed by atoms with van der Waals surface area (Å²) in [5.74, 6) is -0.476. The lowest BCUT2D eigenvalue weighted by Gasteiger charge is -2.20. The molecule has 0 spiro atoms. The van der Waals surface area contributed by atoms with Gasteiger partial charge in [-0.05, 0) is 48.7 Å². The van der Waals surface area contributed by atoms with Crippen molar-refractivity contribution in [1.82, 2.24) is 10.7 Å². The molecule has 8 heteroatoms. The van der Waals surface area contributed by atoms with Crippen LogP contribution >= 0.6 is 0 Å². The van der Waals surface area contributed by atoms with E-state index in [1.54, 1.807) is 39.2 Å². The van der Waals surface area contributed by atoms with Crippen molar-refractivity contribution in [3.63, 3.8) is 0 Å². The molecule has 0 saturated heterocycles. The fourth-order valence-electron chi connectivity index (χ4n) is 2.75. The van der Waals surface area contributed by atoms with Gasteiger partial charge < -0.3 is 14.8 Å². The fraction of sp³-hybridized carbons (Fsp3) is 0.348. The minimum absolute atomic E-state index is 0.195. The van der Waals surface area contributed by atoms with Gasteiger partial charge in [0, 0.05) is 11.1 Å². The zero-order valence-electron chi connectivity index (χ0n) is 18.1. The van der Waals surface area contributed by atoms with Gasteiger partial charge in [-0.15, -0.1) is 0 Å². The molecule has 31 heavy (non-hydrogen) atoms. The van der Waals surface area contributed by atoms with Crippen molar-refractivity contribution < 1.29 is 23.5 Å². The second-order valence-corrected chi connectivity index (χ2v) is 7.16. The van der Waals surface area contributed by atoms with Crippen LogP contribution in [0.1, 0.15) is 43.1 Å². The van der Waals surface area contributed by atoms with Gasteiger partial charge in [-0.1, -0.05) is 26.8 Å². The third-order valence-corrected chi connectivity index (χ3v) is 4.40. The molecular formula is C23H28FN3O4. The van der Waals surface area contributed by atoms with E-state index in [9.17, 15) is 14.0 Å². The summed E-state index contributed by atoms with van der Waals surface area (Å²) >= 11 is 0. The number of carbonyl (C=O) groups is 2. The smallest absolute Gasteiger partial charge is 0.262 e. The van der Waals surface area contributed by atoms with Crippen LogP contribution in [0.3, 0.4) is 0 Å². The van der Waals surface area contributed by atoms with Crippen molar-refractivity contribution >= 4 is 18.0 Å². The highest BCUT2D eigenvalue weighted by molar-refractivity contribution is 5.97. The maximum Gasteiger partial charge on any atom is 0.262 e. The quantitative estimate of drug-likeness (QED) is 0.447. The van der Waals surface area contributed by atoms with Gasteiger partial charge in [-0.2, -0.15) is 5.10 Å². The van der Waals surface area contributed by atoms with Gasteiger partial charge in [0.2, 0.25) is 0 Å². The molecule has 2 aromatic carbocycles. The number of ether oxygens (including phenoxy) is 2. The lowest BCUT2D eigenvalue weighted by Crippen LogP contribution is -2.48. The first-order valence-corrected chi connectivity index (χ1v) is 10.1. The SMILES string of the molecule is CCCOc1c(/C=N/NC(=O)C(NC(=O)c2ccc(F)cc2)C(C)C)cccc1OC. The summed E-state index contributed by atoms with van der Waals surface area (Å²) < 4.78 is 24.1. The molecule has 1 atom stereocenters. The molecule has 0 aromatic heterocycles. The predicted octanol–water partition coefficient (Wildman–Crippen LogP) is 3.53. The van der Waals surface area contributed by atoms with Crippen LogP contribution in [-0.2, 0) is 4.79 Å². The van der Waals surface area contributed by atoms with E-state index in [2.05, 4.69) is 15.8 Å². The van der Waals surface area contributed by atoms with E-state index in [0.29, 0.717) is 23.7 Å². The summed E-state index contributed by atoms with van der Waals surface area (Å²) in [7, 11) is 1.55. The molecule has 2 rings (SSSR count). The van der Waals surface area contributed by atoms with Crippen molar-refractivity contribution in [3.05, 3.63) is 59.4 Å². The number of carbonyl (C=O) groups excluding carboxylic acids is 2. The number of para-hydroxylation sites is 1. The number of rotatable bonds is 10. The molecule has 1 unspecified atom stereocenters. The zero-order valence-corrected chi connectivity index (χ0v) is 18.1. The molecule has 2 N–H and O–H groups in total. The third-order valence-electron chi connectivity index (χ3n) is 4.40. The lowest BCUT2D eigenvalue weighted by atomic mass is 10.0. The van der Waals surface area contributed by atoms with Gasteiger partial charge >= 0.3 is 0 Å². The number of hydrogen-bond acceptors (Lipinski definition) is 5. The number of nitrogens with zero attached hydrogens (tertiary/aromatic N) is 1. The van der Waals surface area contributed by atoms with Crippen LogP contribution in [-0.4, -0.2) is 37.8 Å². The molecule has 0 radical (unpaired) electrons. The van der Waals surface area contributed by atoms with Crippen molar-refractivity contribution in [2.45, 2.75) is 33.2 Å². The Bertz CT molecular complexity index is 914. The van der Waals surface area contributed by atoms with Gasteiger partial charge in [0.1, 0.15) is 11.9 Å². The minimum Gasteiger partial charge on any atom is -0.493 e. The van der Waals surface area contributed by atoms with E-state index in [4.69, 9.17) is 9.47 Å². The summed E-state index contributed by atoms with van der Waals surface area (Å²) in [5.41, 5.74) is 3.36. The van der Waals surface area contributed by atoms with Gasteiger partial charge in [0.15, 0.2) is 11.5 Å². The maximum atomic E-state index is 13.1. The molecule has 0 fully saturated rings. The molecule has 2 aromatic rings. The molecule has 0 saturated carbocycles. The van der Waals surface area contributed by atoms with Crippen molar-refractivity contribution in [3.8, 4) is 11.5 Å². The van der Waals surface area contributed by atoms with E-state index in [0.717, 1.165) is 6.42 Å². The second kappa shape index (κ2) is 11.7. The van der Waals surface area contributed by atoms with Crippen molar-refractivity contribution in [1.29, 1.82) is 0 Å². The molecule has 7 nitrogen and oxygen atoms in total. The highest BCUT2D eigenvalue weighted by atomic mass is 19.1. The number of hydrazone groups is 1. The molecule has 166 valence electrons. The van der Waals surface area contributed by atoms with E-state index in [1.165, 1.54) is 30.5 Å². The highest BCUT2D eigenvalue weighted by Gasteiger charge is 2.24. The predicted molar refractivity (Wildman–Crippen MR) is 117 cm³/mol. The average Bonchev–Trinajstić information content (AvgIpc) is 2.76. The van der Waals surface area contributed by atoms with Gasteiger partial charge in [-0.3, -0.25) is 9.59 Å². The van der Waals surface area contributed by atoms with Gasteiger partial charge in [0.05, 0.1) is 19.9 Å². The van der Waals surface area contributed by atoms with Gasteiger partial charge in [0.25, 0.3) is 11.8 Å². The number of halogens is 1. The molecule has 0 aliphatic heterocycles. The first-order chi connectivity index (χ1) is 14.9. The first kappa shape index (κ1) is 23.9. The molecule has 0 aliphatic rings. The van der Waals surface area contributed by atoms with Crippen molar-refractivity contribution in [2.75, 3.05) is 13.7 Å². The Morgan fingerprint density at radius 2 is 1.87 bits per heavy atom. The molecule has 0 bridgehead atoms. The highest BCUT2D eigenvalue weighted by Crippen LogP contribution is 2.30. The van der Waals surface area contributed by atoms with E-state index in [-0.39, 0.29) is 11.5 Å². The molecule has 2 amide bonds. The largest absolute Gasteiger partial charge is 0.493 e. The Labute approximate surface area is 181 Å². The van der Waals surface area contributed by atoms with Crippen LogP contribution in [0.15, 0.2) is 47.6 Å². The van der Waals surface area contributed by atoms with E-state index >= 15 is 0 Å². The Morgan fingerprint density at radius 3 is 2.48 bits per heavy atom. The van der Waals surface area contributed by atoms with Crippen molar-refractivity contribution in [2.24, 2.45) is 11.0 Å². The lowest BCUT2D eigenvalue weighted by molar-refractivity contribution is -0.123. The summed E-state index contributed by atoms with van der Waals surface area (Å²) in [6.07, 6.45) is 2.29. The molecule has 0 heterocycles. The number of hydrogen-bond donors (Lipinski definition) is 2. The average molecular weight is 429 g/mol. The summed E-state index contributed by atoms with van der Waals surface area (Å²) in [4.78, 5) is 25.0. The number of benzene rings is 2. The summed E-state index contributed by atoms with van der Waals surface area (Å²) in [5, 5.41) is 6.69. The van der Waals surface area contributed by atoms with Crippen LogP contribution < -0.4 is 20.2 Å². The Morgan fingerprint density at radius 1 is 1.16 bits per heavy atom. The van der Waals surface area contributed by atoms with Crippen LogP contribution in [0, 0.1) is 11.7 Å².